The van der Waals surface area contributed by atoms with Gasteiger partial charge in [-0.2, -0.15) is 9.50 Å². The van der Waals surface area contributed by atoms with Crippen molar-refractivity contribution in [2.24, 2.45) is 0 Å². The summed E-state index contributed by atoms with van der Waals surface area (Å²) < 4.78 is 12.2. The first kappa shape index (κ1) is 16.9. The van der Waals surface area contributed by atoms with Gasteiger partial charge in [-0.3, -0.25) is 4.79 Å². The molecule has 0 atom stereocenters. The van der Waals surface area contributed by atoms with Crippen molar-refractivity contribution in [2.75, 3.05) is 19.0 Å². The summed E-state index contributed by atoms with van der Waals surface area (Å²) in [5, 5.41) is 8.12. The van der Waals surface area contributed by atoms with Gasteiger partial charge in [0.15, 0.2) is 12.3 Å². The zero-order chi connectivity index (χ0) is 19.1. The van der Waals surface area contributed by atoms with Crippen molar-refractivity contribution in [1.29, 1.82) is 0 Å². The van der Waals surface area contributed by atoms with E-state index in [0.717, 1.165) is 34.5 Å². The summed E-state index contributed by atoms with van der Waals surface area (Å²) >= 11 is 1.73. The molecular formula is C19H17N5O3S. The molecule has 1 aliphatic carbocycles. The Morgan fingerprint density at radius 2 is 2.14 bits per heavy atom. The molecule has 0 aliphatic heterocycles. The molecule has 5 rings (SSSR count). The second-order valence-electron chi connectivity index (χ2n) is 6.51. The van der Waals surface area contributed by atoms with E-state index in [2.05, 4.69) is 20.4 Å². The van der Waals surface area contributed by atoms with Gasteiger partial charge in [-0.05, 0) is 49.1 Å². The number of carbonyl (C=O) groups is 1. The highest BCUT2D eigenvalue weighted by Crippen LogP contribution is 2.38. The van der Waals surface area contributed by atoms with Crippen LogP contribution in [-0.2, 0) is 17.6 Å². The molecule has 0 saturated heterocycles. The van der Waals surface area contributed by atoms with Crippen molar-refractivity contribution < 1.29 is 14.3 Å². The first-order valence-corrected chi connectivity index (χ1v) is 9.75. The minimum atomic E-state index is -0.288. The fourth-order valence-corrected chi connectivity index (χ4v) is 4.66. The molecule has 0 unspecified atom stereocenters. The Bertz CT molecular complexity index is 1180. The molecule has 8 nitrogen and oxygen atoms in total. The summed E-state index contributed by atoms with van der Waals surface area (Å²) in [6, 6.07) is 7.24. The summed E-state index contributed by atoms with van der Waals surface area (Å²) in [4.78, 5) is 23.5. The number of nitrogens with zero attached hydrogens (tertiary/aromatic N) is 4. The summed E-state index contributed by atoms with van der Waals surface area (Å²) in [6.45, 7) is -0.179. The molecule has 0 radical (unpaired) electrons. The van der Waals surface area contributed by atoms with Crippen molar-refractivity contribution in [3.05, 3.63) is 41.0 Å². The molecule has 0 fully saturated rings. The number of anilines is 1. The third-order valence-corrected chi connectivity index (χ3v) is 5.93. The summed E-state index contributed by atoms with van der Waals surface area (Å²) in [7, 11) is 1.59. The fourth-order valence-electron chi connectivity index (χ4n) is 3.44. The van der Waals surface area contributed by atoms with Crippen molar-refractivity contribution in [1.82, 2.24) is 19.6 Å². The lowest BCUT2D eigenvalue weighted by Crippen LogP contribution is -2.20. The molecule has 28 heavy (non-hydrogen) atoms. The summed E-state index contributed by atoms with van der Waals surface area (Å²) in [6.07, 6.45) is 4.96. The van der Waals surface area contributed by atoms with Crippen LogP contribution >= 0.6 is 11.3 Å². The Hall–Kier alpha value is -3.20. The van der Waals surface area contributed by atoms with E-state index in [4.69, 9.17) is 9.47 Å². The number of amides is 1. The number of ether oxygens (including phenoxy) is 2. The summed E-state index contributed by atoms with van der Waals surface area (Å²) in [5.74, 6) is 0.437. The van der Waals surface area contributed by atoms with Gasteiger partial charge >= 0.3 is 6.01 Å². The van der Waals surface area contributed by atoms with Crippen molar-refractivity contribution in [3.63, 3.8) is 0 Å². The lowest BCUT2D eigenvalue weighted by Gasteiger charge is -2.06. The monoisotopic (exact) mass is 395 g/mol. The number of aryl methyl sites for hydroxylation is 2. The van der Waals surface area contributed by atoms with Gasteiger partial charge in [-0.1, -0.05) is 0 Å². The van der Waals surface area contributed by atoms with Crippen LogP contribution in [0.25, 0.3) is 15.9 Å². The molecule has 3 heterocycles. The highest BCUT2D eigenvalue weighted by atomic mass is 32.1. The van der Waals surface area contributed by atoms with Gasteiger partial charge in [-0.15, -0.1) is 16.4 Å². The number of methoxy groups -OCH3 is 1. The van der Waals surface area contributed by atoms with Gasteiger partial charge in [0.2, 0.25) is 0 Å². The van der Waals surface area contributed by atoms with Gasteiger partial charge in [0.05, 0.1) is 12.5 Å². The second kappa shape index (κ2) is 6.75. The predicted octanol–water partition coefficient (Wildman–Crippen LogP) is 2.85. The van der Waals surface area contributed by atoms with Crippen LogP contribution in [0, 0.1) is 0 Å². The number of benzene rings is 1. The zero-order valence-corrected chi connectivity index (χ0v) is 16.0. The van der Waals surface area contributed by atoms with E-state index in [0.29, 0.717) is 5.69 Å². The fraction of sp³-hybridized carbons (Fsp3) is 0.263. The molecule has 9 heteroatoms. The van der Waals surface area contributed by atoms with Crippen molar-refractivity contribution >= 4 is 38.8 Å². The molecule has 1 N–H and O–H groups in total. The highest BCUT2D eigenvalue weighted by Gasteiger charge is 2.22. The van der Waals surface area contributed by atoms with E-state index in [9.17, 15) is 4.79 Å². The topological polar surface area (TPSA) is 90.6 Å². The van der Waals surface area contributed by atoms with Gasteiger partial charge in [0.1, 0.15) is 16.9 Å². The molecule has 3 aromatic heterocycles. The number of hydrogen-bond donors (Lipinski definition) is 1. The standard InChI is InChI=1S/C19H17N5O3S/c1-26-12-7-5-11(6-8-12)21-15(25)9-27-19-22-17-16-13-3-2-4-14(13)28-18(16)20-10-24(17)23-19/h5-8,10H,2-4,9H2,1H3,(H,21,25). The largest absolute Gasteiger partial charge is 0.497 e. The number of thiophene rings is 1. The number of carbonyl (C=O) groups excluding carboxylic acids is 1. The van der Waals surface area contributed by atoms with Crippen LogP contribution in [-0.4, -0.2) is 39.2 Å². The van der Waals surface area contributed by atoms with Crippen molar-refractivity contribution in [2.45, 2.75) is 19.3 Å². The lowest BCUT2D eigenvalue weighted by molar-refractivity contribution is -0.118. The lowest BCUT2D eigenvalue weighted by atomic mass is 10.2. The molecule has 0 spiro atoms. The van der Waals surface area contributed by atoms with E-state index in [1.807, 2.05) is 0 Å². The van der Waals surface area contributed by atoms with Crippen molar-refractivity contribution in [3.8, 4) is 11.8 Å². The minimum Gasteiger partial charge on any atom is -0.497 e. The molecular weight excluding hydrogens is 378 g/mol. The molecule has 142 valence electrons. The van der Waals surface area contributed by atoms with Gasteiger partial charge in [0, 0.05) is 10.6 Å². The normalized spacial score (nSPS) is 13.0. The van der Waals surface area contributed by atoms with E-state index in [1.54, 1.807) is 53.6 Å². The van der Waals surface area contributed by atoms with E-state index in [1.165, 1.54) is 16.9 Å². The maximum absolute atomic E-state index is 12.1. The third-order valence-electron chi connectivity index (χ3n) is 4.73. The molecule has 0 saturated carbocycles. The number of rotatable bonds is 5. The maximum atomic E-state index is 12.1. The Kier molecular flexibility index (Phi) is 4.09. The molecule has 0 bridgehead atoms. The highest BCUT2D eigenvalue weighted by molar-refractivity contribution is 7.19. The molecule has 1 amide bonds. The van der Waals surface area contributed by atoms with Crippen LogP contribution in [0.5, 0.6) is 11.8 Å². The quantitative estimate of drug-likeness (QED) is 0.559. The number of nitrogens with one attached hydrogen (secondary N) is 1. The first-order valence-electron chi connectivity index (χ1n) is 8.93. The molecule has 1 aliphatic rings. The van der Waals surface area contributed by atoms with Crippen LogP contribution in [0.4, 0.5) is 5.69 Å². The second-order valence-corrected chi connectivity index (χ2v) is 7.59. The minimum absolute atomic E-state index is 0.164. The summed E-state index contributed by atoms with van der Waals surface area (Å²) in [5.41, 5.74) is 2.72. The van der Waals surface area contributed by atoms with Gasteiger partial charge in [0.25, 0.3) is 5.91 Å². The average molecular weight is 395 g/mol. The van der Waals surface area contributed by atoms with E-state index in [-0.39, 0.29) is 18.5 Å². The predicted molar refractivity (Wildman–Crippen MR) is 105 cm³/mol. The van der Waals surface area contributed by atoms with E-state index >= 15 is 0 Å². The average Bonchev–Trinajstić information content (AvgIpc) is 3.40. The Balaban J connectivity index is 1.32. The Morgan fingerprint density at radius 3 is 2.96 bits per heavy atom. The molecule has 4 aromatic rings. The van der Waals surface area contributed by atoms with Crippen LogP contribution in [0.3, 0.4) is 0 Å². The SMILES string of the molecule is COc1ccc(NC(=O)COc2nc3c4c5c(sc4ncn3n2)CCC5)cc1. The van der Waals surface area contributed by atoms with Crippen LogP contribution in [0.1, 0.15) is 16.9 Å². The van der Waals surface area contributed by atoms with Crippen LogP contribution < -0.4 is 14.8 Å². The Morgan fingerprint density at radius 1 is 1.29 bits per heavy atom. The third kappa shape index (κ3) is 2.93. The number of fused-ring (bicyclic) bond motifs is 5. The van der Waals surface area contributed by atoms with Crippen LogP contribution in [0.15, 0.2) is 30.6 Å². The smallest absolute Gasteiger partial charge is 0.336 e. The zero-order valence-electron chi connectivity index (χ0n) is 15.1. The van der Waals surface area contributed by atoms with Gasteiger partial charge < -0.3 is 14.8 Å². The first-order chi connectivity index (χ1) is 13.7. The Labute approximate surface area is 164 Å². The molecule has 1 aromatic carbocycles. The van der Waals surface area contributed by atoms with Gasteiger partial charge in [-0.25, -0.2) is 4.98 Å². The maximum Gasteiger partial charge on any atom is 0.336 e. The number of hydrogen-bond acceptors (Lipinski definition) is 7. The van der Waals surface area contributed by atoms with Crippen LogP contribution in [0.2, 0.25) is 0 Å². The number of aromatic nitrogens is 4. The van der Waals surface area contributed by atoms with E-state index < -0.39 is 0 Å².